The molecule has 0 radical (unpaired) electrons. The van der Waals surface area contributed by atoms with Gasteiger partial charge in [-0.05, 0) is 58.9 Å². The van der Waals surface area contributed by atoms with Crippen LogP contribution in [0.3, 0.4) is 0 Å². The first-order chi connectivity index (χ1) is 26.1. The third-order valence-electron chi connectivity index (χ3n) is 11.7. The summed E-state index contributed by atoms with van der Waals surface area (Å²) >= 11 is 0. The summed E-state index contributed by atoms with van der Waals surface area (Å²) in [5, 5.41) is 19.7. The van der Waals surface area contributed by atoms with Crippen LogP contribution in [-0.4, -0.2) is 58.5 Å². The Hall–Kier alpha value is -5.52. The molecule has 11 heteroatoms. The lowest BCUT2D eigenvalue weighted by atomic mass is 9.63. The molecule has 3 aliphatic rings. The number of cyclic esters (lactones) is 1. The maximum absolute atomic E-state index is 15.2. The van der Waals surface area contributed by atoms with Crippen LogP contribution in [0.15, 0.2) is 109 Å². The maximum Gasteiger partial charge on any atom is 0.414 e. The van der Waals surface area contributed by atoms with E-state index in [1.54, 1.807) is 22.9 Å². The Kier molecular flexibility index (Phi) is 9.23. The Labute approximate surface area is 315 Å². The van der Waals surface area contributed by atoms with E-state index in [-0.39, 0.29) is 17.7 Å². The zero-order valence-corrected chi connectivity index (χ0v) is 31.0. The molecule has 5 aromatic rings. The van der Waals surface area contributed by atoms with Crippen molar-refractivity contribution in [1.29, 1.82) is 0 Å². The lowest BCUT2D eigenvalue weighted by Gasteiger charge is -2.38. The lowest BCUT2D eigenvalue weighted by Crippen LogP contribution is -2.45. The number of aliphatic hydroxyl groups excluding tert-OH is 1. The van der Waals surface area contributed by atoms with Gasteiger partial charge in [0.1, 0.15) is 24.2 Å². The molecule has 1 spiro atoms. The van der Waals surface area contributed by atoms with Gasteiger partial charge in [0.15, 0.2) is 5.60 Å². The van der Waals surface area contributed by atoms with E-state index in [1.165, 1.54) is 0 Å². The van der Waals surface area contributed by atoms with Crippen molar-refractivity contribution in [2.45, 2.75) is 63.5 Å². The fourth-order valence-corrected chi connectivity index (χ4v) is 8.90. The first-order valence-corrected chi connectivity index (χ1v) is 18.5. The Morgan fingerprint density at radius 1 is 0.981 bits per heavy atom. The standard InChI is InChI=1S/C43H45N5O6/c1-28-38(42(2,3)31-15-18-33(52-4)19-16-31)37(21-22-46-27-35(44-45-46)39(49)30-13-9-6-10-14-30)54-43(28)34-25-32(47-23-24-53-41(47)51)17-20-36(34)48(40(43)50)26-29-11-7-5-8-12-29/h5-20,25,27-28,37-39,49H,21-24,26H2,1-4H3/t28-,37+,38-,39+,43+/m0/s1. The molecule has 1 aromatic heterocycles. The fourth-order valence-electron chi connectivity index (χ4n) is 8.90. The van der Waals surface area contributed by atoms with E-state index in [1.807, 2.05) is 95.9 Å². The molecule has 3 aliphatic heterocycles. The van der Waals surface area contributed by atoms with Crippen LogP contribution in [-0.2, 0) is 38.4 Å². The number of benzene rings is 4. The second-order valence-electron chi connectivity index (χ2n) is 15.0. The highest BCUT2D eigenvalue weighted by atomic mass is 16.6. The van der Waals surface area contributed by atoms with E-state index in [9.17, 15) is 9.90 Å². The van der Waals surface area contributed by atoms with Crippen LogP contribution in [0, 0.1) is 11.8 Å². The van der Waals surface area contributed by atoms with Crippen molar-refractivity contribution in [2.24, 2.45) is 11.8 Å². The fraction of sp³-hybridized carbons (Fsp3) is 0.349. The quantitative estimate of drug-likeness (QED) is 0.158. The number of carbonyl (C=O) groups excluding carboxylic acids is 2. The minimum Gasteiger partial charge on any atom is -0.497 e. The van der Waals surface area contributed by atoms with Crippen molar-refractivity contribution >= 4 is 23.4 Å². The summed E-state index contributed by atoms with van der Waals surface area (Å²) in [6, 6.07) is 33.2. The number of anilines is 2. The van der Waals surface area contributed by atoms with Crippen LogP contribution in [0.25, 0.3) is 0 Å². The predicted octanol–water partition coefficient (Wildman–Crippen LogP) is 6.79. The monoisotopic (exact) mass is 727 g/mol. The molecule has 278 valence electrons. The molecular weight excluding hydrogens is 683 g/mol. The largest absolute Gasteiger partial charge is 0.497 e. The molecular formula is C43H45N5O6. The molecule has 0 saturated carbocycles. The average molecular weight is 728 g/mol. The van der Waals surface area contributed by atoms with Crippen LogP contribution in [0.1, 0.15) is 61.2 Å². The third-order valence-corrected chi connectivity index (χ3v) is 11.7. The number of carbonyl (C=O) groups is 2. The van der Waals surface area contributed by atoms with Gasteiger partial charge in [0.25, 0.3) is 5.91 Å². The van der Waals surface area contributed by atoms with Gasteiger partial charge in [-0.1, -0.05) is 98.8 Å². The SMILES string of the molecule is COc1ccc(C(C)(C)[C@@H]2[C@@H](CCn3cc([C@H](O)c4ccccc4)nn3)O[C@]3(C(=O)N(Cc4ccccc4)c4ccc(N5CCOC5=O)cc43)[C@H]2C)cc1. The smallest absolute Gasteiger partial charge is 0.414 e. The molecule has 5 atom stereocenters. The first-order valence-electron chi connectivity index (χ1n) is 18.5. The van der Waals surface area contributed by atoms with E-state index >= 15 is 4.79 Å². The number of nitrogens with zero attached hydrogens (tertiary/aromatic N) is 5. The number of hydrogen-bond acceptors (Lipinski definition) is 8. The topological polar surface area (TPSA) is 119 Å². The summed E-state index contributed by atoms with van der Waals surface area (Å²) < 4.78 is 19.8. The van der Waals surface area contributed by atoms with E-state index < -0.39 is 29.3 Å². The van der Waals surface area contributed by atoms with Crippen LogP contribution in [0.2, 0.25) is 0 Å². The van der Waals surface area contributed by atoms with Crippen molar-refractivity contribution in [1.82, 2.24) is 15.0 Å². The zero-order valence-electron chi connectivity index (χ0n) is 31.0. The Morgan fingerprint density at radius 3 is 2.39 bits per heavy atom. The van der Waals surface area contributed by atoms with E-state index in [2.05, 4.69) is 43.2 Å². The number of aliphatic hydroxyl groups is 1. The summed E-state index contributed by atoms with van der Waals surface area (Å²) in [6.45, 7) is 8.12. The van der Waals surface area contributed by atoms with Gasteiger partial charge in [0.05, 0.1) is 38.2 Å². The molecule has 0 aliphatic carbocycles. The molecule has 8 rings (SSSR count). The summed E-state index contributed by atoms with van der Waals surface area (Å²) in [4.78, 5) is 31.5. The summed E-state index contributed by atoms with van der Waals surface area (Å²) in [5.74, 6) is 0.209. The van der Waals surface area contributed by atoms with Gasteiger partial charge in [-0.2, -0.15) is 0 Å². The number of fused-ring (bicyclic) bond motifs is 2. The van der Waals surface area contributed by atoms with Crippen LogP contribution in [0.4, 0.5) is 16.2 Å². The van der Waals surface area contributed by atoms with Gasteiger partial charge in [-0.3, -0.25) is 14.4 Å². The van der Waals surface area contributed by atoms with Gasteiger partial charge in [0.2, 0.25) is 0 Å². The van der Waals surface area contributed by atoms with Gasteiger partial charge < -0.3 is 24.2 Å². The van der Waals surface area contributed by atoms with Gasteiger partial charge in [-0.15, -0.1) is 5.10 Å². The lowest BCUT2D eigenvalue weighted by molar-refractivity contribution is -0.146. The van der Waals surface area contributed by atoms with Crippen molar-refractivity contribution in [2.75, 3.05) is 30.1 Å². The highest BCUT2D eigenvalue weighted by molar-refractivity contribution is 6.08. The number of methoxy groups -OCH3 is 1. The number of ether oxygens (including phenoxy) is 3. The third kappa shape index (κ3) is 6.01. The number of hydrogen-bond donors (Lipinski definition) is 1. The molecule has 1 N–H and O–H groups in total. The first kappa shape index (κ1) is 35.5. The molecule has 11 nitrogen and oxygen atoms in total. The summed E-state index contributed by atoms with van der Waals surface area (Å²) in [7, 11) is 1.65. The predicted molar refractivity (Wildman–Crippen MR) is 203 cm³/mol. The van der Waals surface area contributed by atoms with Crippen LogP contribution < -0.4 is 14.5 Å². The number of aromatic nitrogens is 3. The molecule has 0 unspecified atom stereocenters. The highest BCUT2D eigenvalue weighted by Crippen LogP contribution is 2.60. The maximum atomic E-state index is 15.2. The molecule has 4 aromatic carbocycles. The second-order valence-corrected chi connectivity index (χ2v) is 15.0. The molecule has 0 bridgehead atoms. The van der Waals surface area contributed by atoms with Gasteiger partial charge in [0, 0.05) is 29.6 Å². The van der Waals surface area contributed by atoms with Crippen LogP contribution >= 0.6 is 0 Å². The average Bonchev–Trinajstić information content (AvgIpc) is 3.97. The Bertz CT molecular complexity index is 2140. The van der Waals surface area contributed by atoms with Crippen molar-refractivity contribution < 1.29 is 28.9 Å². The summed E-state index contributed by atoms with van der Waals surface area (Å²) in [5.41, 5.74) is 3.68. The molecule has 2 saturated heterocycles. The Balaban J connectivity index is 1.19. The minimum absolute atomic E-state index is 0.123. The normalized spacial score (nSPS) is 22.9. The summed E-state index contributed by atoms with van der Waals surface area (Å²) in [6.07, 6.45) is 0.598. The molecule has 2 fully saturated rings. The number of rotatable bonds is 11. The van der Waals surface area contributed by atoms with E-state index in [0.29, 0.717) is 44.0 Å². The number of amides is 2. The van der Waals surface area contributed by atoms with Crippen molar-refractivity contribution in [3.63, 3.8) is 0 Å². The van der Waals surface area contributed by atoms with Gasteiger partial charge >= 0.3 is 6.09 Å². The van der Waals surface area contributed by atoms with Crippen molar-refractivity contribution in [3.8, 4) is 5.75 Å². The second kappa shape index (κ2) is 14.0. The highest BCUT2D eigenvalue weighted by Gasteiger charge is 2.66. The molecule has 4 heterocycles. The molecule has 2 amide bonds. The number of aryl methyl sites for hydroxylation is 1. The molecule has 54 heavy (non-hydrogen) atoms. The Morgan fingerprint density at radius 2 is 1.70 bits per heavy atom. The van der Waals surface area contributed by atoms with E-state index in [0.717, 1.165) is 33.7 Å². The zero-order chi connectivity index (χ0) is 37.6. The van der Waals surface area contributed by atoms with Crippen LogP contribution in [0.5, 0.6) is 5.75 Å². The minimum atomic E-state index is -1.33. The van der Waals surface area contributed by atoms with Crippen molar-refractivity contribution in [3.05, 3.63) is 137 Å². The van der Waals surface area contributed by atoms with Gasteiger partial charge in [-0.25, -0.2) is 4.79 Å². The van der Waals surface area contributed by atoms with E-state index in [4.69, 9.17) is 14.2 Å².